The average molecular weight is 252 g/mol. The molecule has 0 saturated carbocycles. The second-order valence-corrected chi connectivity index (χ2v) is 5.67. The second-order valence-electron chi connectivity index (χ2n) is 5.67. The van der Waals surface area contributed by atoms with Gasteiger partial charge in [-0.1, -0.05) is 6.58 Å². The molecule has 1 amide bonds. The summed E-state index contributed by atoms with van der Waals surface area (Å²) in [6, 6.07) is 0.247. The first-order chi connectivity index (χ1) is 8.52. The van der Waals surface area contributed by atoms with Crippen LogP contribution in [0.5, 0.6) is 0 Å². The van der Waals surface area contributed by atoms with E-state index in [2.05, 4.69) is 25.3 Å². The molecule has 0 radical (unpaired) electrons. The first-order valence-electron chi connectivity index (χ1n) is 6.96. The van der Waals surface area contributed by atoms with E-state index in [-0.39, 0.29) is 23.8 Å². The molecule has 1 N–H and O–H groups in total. The lowest BCUT2D eigenvalue weighted by Gasteiger charge is -2.32. The van der Waals surface area contributed by atoms with Gasteiger partial charge in [-0.05, 0) is 46.1 Å². The van der Waals surface area contributed by atoms with E-state index in [0.717, 1.165) is 38.8 Å². The highest BCUT2D eigenvalue weighted by atomic mass is 16.3. The van der Waals surface area contributed by atoms with E-state index >= 15 is 0 Å². The topological polar surface area (TPSA) is 43.8 Å². The molecule has 0 aromatic rings. The Balaban J connectivity index is 2.08. The number of likely N-dealkylation sites (tertiary alicyclic amines) is 2. The SMILES string of the molecule is C=C(O)[C@@H]1CCCN1C(=O)[C@@H]1CCCN1C(C)C. The van der Waals surface area contributed by atoms with Gasteiger partial charge in [-0.3, -0.25) is 9.69 Å². The van der Waals surface area contributed by atoms with E-state index in [9.17, 15) is 9.90 Å². The summed E-state index contributed by atoms with van der Waals surface area (Å²) in [5.41, 5.74) is 0. The van der Waals surface area contributed by atoms with Gasteiger partial charge in [0.05, 0.1) is 12.1 Å². The quantitative estimate of drug-likeness (QED) is 0.780. The highest BCUT2D eigenvalue weighted by Gasteiger charge is 2.39. The van der Waals surface area contributed by atoms with Crippen molar-refractivity contribution >= 4 is 5.91 Å². The van der Waals surface area contributed by atoms with Crippen LogP contribution in [0, 0.1) is 0 Å². The van der Waals surface area contributed by atoms with Gasteiger partial charge < -0.3 is 10.0 Å². The van der Waals surface area contributed by atoms with Crippen LogP contribution in [-0.2, 0) is 4.79 Å². The molecule has 2 heterocycles. The van der Waals surface area contributed by atoms with Crippen molar-refractivity contribution < 1.29 is 9.90 Å². The standard InChI is InChI=1S/C14H24N2O2/c1-10(2)15-8-5-7-13(15)14(18)16-9-4-6-12(16)11(3)17/h10,12-13,17H,3-9H2,1-2H3/t12-,13-/m0/s1. The van der Waals surface area contributed by atoms with Crippen molar-refractivity contribution in [3.63, 3.8) is 0 Å². The molecule has 102 valence electrons. The summed E-state index contributed by atoms with van der Waals surface area (Å²) in [6.07, 6.45) is 3.84. The molecule has 2 fully saturated rings. The molecule has 4 heteroatoms. The molecule has 0 aromatic carbocycles. The number of rotatable bonds is 3. The fraction of sp³-hybridized carbons (Fsp3) is 0.786. The summed E-state index contributed by atoms with van der Waals surface area (Å²) in [4.78, 5) is 16.7. The molecule has 0 unspecified atom stereocenters. The lowest BCUT2D eigenvalue weighted by molar-refractivity contribution is -0.137. The number of nitrogens with zero attached hydrogens (tertiary/aromatic N) is 2. The van der Waals surface area contributed by atoms with Crippen molar-refractivity contribution in [2.45, 2.75) is 57.7 Å². The Morgan fingerprint density at radius 3 is 2.44 bits per heavy atom. The summed E-state index contributed by atoms with van der Waals surface area (Å²) in [5, 5.41) is 9.59. The fourth-order valence-electron chi connectivity index (χ4n) is 3.24. The number of aliphatic hydroxyl groups is 1. The molecule has 2 saturated heterocycles. The molecule has 4 nitrogen and oxygen atoms in total. The second kappa shape index (κ2) is 5.31. The highest BCUT2D eigenvalue weighted by molar-refractivity contribution is 5.83. The van der Waals surface area contributed by atoms with Crippen molar-refractivity contribution in [3.8, 4) is 0 Å². The molecular formula is C14H24N2O2. The minimum absolute atomic E-state index is 0.00458. The van der Waals surface area contributed by atoms with E-state index in [1.807, 2.05) is 4.90 Å². The third kappa shape index (κ3) is 2.39. The van der Waals surface area contributed by atoms with Gasteiger partial charge in [0.2, 0.25) is 5.91 Å². The first kappa shape index (κ1) is 13.4. The van der Waals surface area contributed by atoms with Gasteiger partial charge in [0.25, 0.3) is 0 Å². The average Bonchev–Trinajstić information content (AvgIpc) is 2.97. The normalized spacial score (nSPS) is 29.2. The van der Waals surface area contributed by atoms with E-state index in [0.29, 0.717) is 6.04 Å². The van der Waals surface area contributed by atoms with Gasteiger partial charge in [0.15, 0.2) is 0 Å². The molecule has 2 aliphatic rings. The summed E-state index contributed by atoms with van der Waals surface area (Å²) in [6.45, 7) is 9.63. The minimum atomic E-state index is -0.160. The van der Waals surface area contributed by atoms with Crippen LogP contribution in [0.3, 0.4) is 0 Å². The zero-order chi connectivity index (χ0) is 13.3. The number of hydrogen-bond donors (Lipinski definition) is 1. The van der Waals surface area contributed by atoms with E-state index in [1.54, 1.807) is 0 Å². The van der Waals surface area contributed by atoms with Crippen LogP contribution in [0.15, 0.2) is 12.3 Å². The van der Waals surface area contributed by atoms with Gasteiger partial charge in [-0.25, -0.2) is 0 Å². The fourth-order valence-corrected chi connectivity index (χ4v) is 3.24. The highest BCUT2D eigenvalue weighted by Crippen LogP contribution is 2.27. The van der Waals surface area contributed by atoms with Crippen LogP contribution in [0.2, 0.25) is 0 Å². The van der Waals surface area contributed by atoms with E-state index < -0.39 is 0 Å². The zero-order valence-electron chi connectivity index (χ0n) is 11.4. The van der Waals surface area contributed by atoms with Crippen molar-refractivity contribution in [2.24, 2.45) is 0 Å². The number of amides is 1. The Labute approximate surface area is 109 Å². The Kier molecular flexibility index (Phi) is 3.95. The number of carbonyl (C=O) groups is 1. The molecule has 0 aliphatic carbocycles. The molecule has 0 bridgehead atoms. The van der Waals surface area contributed by atoms with Gasteiger partial charge in [-0.2, -0.15) is 0 Å². The number of aliphatic hydroxyl groups excluding tert-OH is 1. The maximum atomic E-state index is 12.6. The summed E-state index contributed by atoms with van der Waals surface area (Å²) < 4.78 is 0. The minimum Gasteiger partial charge on any atom is -0.511 e. The predicted octanol–water partition coefficient (Wildman–Crippen LogP) is 1.92. The predicted molar refractivity (Wildman–Crippen MR) is 71.4 cm³/mol. The molecular weight excluding hydrogens is 228 g/mol. The van der Waals surface area contributed by atoms with Gasteiger partial charge in [0.1, 0.15) is 5.76 Å². The molecule has 0 spiro atoms. The van der Waals surface area contributed by atoms with Gasteiger partial charge >= 0.3 is 0 Å². The van der Waals surface area contributed by atoms with Gasteiger partial charge in [-0.15, -0.1) is 0 Å². The Bertz CT molecular complexity index is 341. The van der Waals surface area contributed by atoms with Crippen LogP contribution in [0.25, 0.3) is 0 Å². The van der Waals surface area contributed by atoms with E-state index in [4.69, 9.17) is 0 Å². The first-order valence-corrected chi connectivity index (χ1v) is 6.96. The molecule has 2 rings (SSSR count). The van der Waals surface area contributed by atoms with Crippen molar-refractivity contribution in [1.82, 2.24) is 9.80 Å². The van der Waals surface area contributed by atoms with Crippen LogP contribution >= 0.6 is 0 Å². The summed E-state index contributed by atoms with van der Waals surface area (Å²) >= 11 is 0. The van der Waals surface area contributed by atoms with Crippen LogP contribution in [0.4, 0.5) is 0 Å². The zero-order valence-corrected chi connectivity index (χ0v) is 11.4. The maximum absolute atomic E-state index is 12.6. The van der Waals surface area contributed by atoms with Gasteiger partial charge in [0, 0.05) is 12.6 Å². The Hall–Kier alpha value is -1.03. The van der Waals surface area contributed by atoms with Crippen LogP contribution < -0.4 is 0 Å². The van der Waals surface area contributed by atoms with Crippen molar-refractivity contribution in [1.29, 1.82) is 0 Å². The molecule has 18 heavy (non-hydrogen) atoms. The Morgan fingerprint density at radius 2 is 1.83 bits per heavy atom. The Morgan fingerprint density at radius 1 is 1.22 bits per heavy atom. The van der Waals surface area contributed by atoms with Crippen molar-refractivity contribution in [3.05, 3.63) is 12.3 Å². The summed E-state index contributed by atoms with van der Waals surface area (Å²) in [7, 11) is 0. The maximum Gasteiger partial charge on any atom is 0.240 e. The number of hydrogen-bond acceptors (Lipinski definition) is 3. The lowest BCUT2D eigenvalue weighted by atomic mass is 10.1. The largest absolute Gasteiger partial charge is 0.511 e. The third-order valence-electron chi connectivity index (χ3n) is 4.16. The van der Waals surface area contributed by atoms with Crippen LogP contribution in [0.1, 0.15) is 39.5 Å². The van der Waals surface area contributed by atoms with Crippen molar-refractivity contribution in [2.75, 3.05) is 13.1 Å². The smallest absolute Gasteiger partial charge is 0.240 e. The monoisotopic (exact) mass is 252 g/mol. The van der Waals surface area contributed by atoms with Crippen LogP contribution in [-0.4, -0.2) is 52.0 Å². The molecule has 2 atom stereocenters. The summed E-state index contributed by atoms with van der Waals surface area (Å²) in [5.74, 6) is 0.314. The molecule has 2 aliphatic heterocycles. The van der Waals surface area contributed by atoms with E-state index in [1.165, 1.54) is 0 Å². The lowest BCUT2D eigenvalue weighted by Crippen LogP contribution is -2.49. The third-order valence-corrected chi connectivity index (χ3v) is 4.16. The number of carbonyl (C=O) groups excluding carboxylic acids is 1. The molecule has 0 aromatic heterocycles.